The van der Waals surface area contributed by atoms with Gasteiger partial charge < -0.3 is 15.1 Å². The molecule has 5 aliphatic rings. The highest BCUT2D eigenvalue weighted by atomic mass is 16.2. The van der Waals surface area contributed by atoms with Gasteiger partial charge in [-0.15, -0.1) is 0 Å². The molecule has 3 saturated carbocycles. The topological polar surface area (TPSA) is 52.7 Å². The van der Waals surface area contributed by atoms with Crippen LogP contribution in [0.2, 0.25) is 0 Å². The van der Waals surface area contributed by atoms with E-state index in [0.29, 0.717) is 17.9 Å². The molecule has 5 rings (SSSR count). The average Bonchev–Trinajstić information content (AvgIpc) is 3.24. The molecule has 168 valence electrons. The van der Waals surface area contributed by atoms with Crippen molar-refractivity contribution in [3.05, 3.63) is 0 Å². The Morgan fingerprint density at radius 1 is 0.733 bits per heavy atom. The second-order valence-electron chi connectivity index (χ2n) is 11.3. The maximum Gasteiger partial charge on any atom is 0.228 e. The third-order valence-electron chi connectivity index (χ3n) is 9.48. The number of piperidine rings is 1. The number of amides is 2. The summed E-state index contributed by atoms with van der Waals surface area (Å²) >= 11 is 0. The van der Waals surface area contributed by atoms with Gasteiger partial charge >= 0.3 is 0 Å². The van der Waals surface area contributed by atoms with Crippen LogP contribution in [0.4, 0.5) is 0 Å². The molecule has 2 amide bonds. The van der Waals surface area contributed by atoms with E-state index in [1.165, 1.54) is 51.4 Å². The molecule has 2 heterocycles. The largest absolute Gasteiger partial charge is 0.339 e. The summed E-state index contributed by atoms with van der Waals surface area (Å²) in [5, 5.41) is 4.00. The van der Waals surface area contributed by atoms with E-state index >= 15 is 0 Å². The fourth-order valence-electron chi connectivity index (χ4n) is 7.18. The van der Waals surface area contributed by atoms with Crippen molar-refractivity contribution in [3.8, 4) is 0 Å². The van der Waals surface area contributed by atoms with E-state index in [1.807, 2.05) is 4.90 Å². The first kappa shape index (κ1) is 20.8. The second-order valence-corrected chi connectivity index (χ2v) is 11.3. The third kappa shape index (κ3) is 3.91. The lowest BCUT2D eigenvalue weighted by molar-refractivity contribution is -0.151. The van der Waals surface area contributed by atoms with Crippen molar-refractivity contribution in [1.29, 1.82) is 0 Å². The highest BCUT2D eigenvalue weighted by molar-refractivity contribution is 5.84. The normalized spacial score (nSPS) is 38.6. The minimum absolute atomic E-state index is 0.115. The minimum Gasteiger partial charge on any atom is -0.339 e. The molecule has 3 unspecified atom stereocenters. The number of carbonyl (C=O) groups is 2. The van der Waals surface area contributed by atoms with E-state index in [9.17, 15) is 9.59 Å². The van der Waals surface area contributed by atoms with Gasteiger partial charge in [0.25, 0.3) is 0 Å². The van der Waals surface area contributed by atoms with Gasteiger partial charge in [0.15, 0.2) is 0 Å². The summed E-state index contributed by atoms with van der Waals surface area (Å²) in [4.78, 5) is 30.0. The standard InChI is InChI=1S/C25H41N3O2/c1-25(12-3-13-25)24(30)28-16-14-27(15-17-28)23(29)20-8-6-19(7-9-20)22-11-10-18-4-2-5-21(18)26-22/h18-22,26H,2-17H2,1H3. The number of nitrogens with one attached hydrogen (secondary N) is 1. The van der Waals surface area contributed by atoms with E-state index < -0.39 is 0 Å². The van der Waals surface area contributed by atoms with Crippen LogP contribution in [-0.2, 0) is 9.59 Å². The predicted octanol–water partition coefficient (Wildman–Crippen LogP) is 3.57. The molecular formula is C25H41N3O2. The third-order valence-corrected chi connectivity index (χ3v) is 9.48. The van der Waals surface area contributed by atoms with Gasteiger partial charge in [-0.3, -0.25) is 9.59 Å². The Morgan fingerprint density at radius 3 is 2.00 bits per heavy atom. The van der Waals surface area contributed by atoms with Crippen LogP contribution in [0.15, 0.2) is 0 Å². The molecule has 0 aromatic heterocycles. The van der Waals surface area contributed by atoms with Crippen LogP contribution in [-0.4, -0.2) is 59.9 Å². The molecule has 30 heavy (non-hydrogen) atoms. The summed E-state index contributed by atoms with van der Waals surface area (Å²) in [6.07, 6.45) is 14.8. The summed E-state index contributed by atoms with van der Waals surface area (Å²) < 4.78 is 0. The van der Waals surface area contributed by atoms with E-state index in [2.05, 4.69) is 17.1 Å². The average molecular weight is 416 g/mol. The molecule has 0 spiro atoms. The van der Waals surface area contributed by atoms with Crippen LogP contribution in [0.3, 0.4) is 0 Å². The molecule has 5 fully saturated rings. The van der Waals surface area contributed by atoms with Gasteiger partial charge in [-0.05, 0) is 76.0 Å². The summed E-state index contributed by atoms with van der Waals surface area (Å²) in [5.74, 6) is 2.62. The van der Waals surface area contributed by atoms with Crippen LogP contribution in [0.5, 0.6) is 0 Å². The summed E-state index contributed by atoms with van der Waals surface area (Å²) in [7, 11) is 0. The maximum absolute atomic E-state index is 13.1. The molecule has 5 nitrogen and oxygen atoms in total. The van der Waals surface area contributed by atoms with Crippen molar-refractivity contribution in [3.63, 3.8) is 0 Å². The number of nitrogens with zero attached hydrogens (tertiary/aromatic N) is 2. The Hall–Kier alpha value is -1.10. The van der Waals surface area contributed by atoms with Crippen molar-refractivity contribution >= 4 is 11.8 Å². The number of hydrogen-bond donors (Lipinski definition) is 1. The maximum atomic E-state index is 13.1. The Morgan fingerprint density at radius 2 is 1.33 bits per heavy atom. The Labute approximate surface area is 182 Å². The fourth-order valence-corrected chi connectivity index (χ4v) is 7.18. The molecule has 1 N–H and O–H groups in total. The zero-order valence-electron chi connectivity index (χ0n) is 18.9. The van der Waals surface area contributed by atoms with Gasteiger partial charge in [0.1, 0.15) is 0 Å². The molecule has 0 aromatic rings. The first-order chi connectivity index (χ1) is 14.5. The first-order valence-electron chi connectivity index (χ1n) is 12.9. The van der Waals surface area contributed by atoms with Crippen LogP contribution in [0.25, 0.3) is 0 Å². The Kier molecular flexibility index (Phi) is 5.85. The highest BCUT2D eigenvalue weighted by Crippen LogP contribution is 2.42. The predicted molar refractivity (Wildman–Crippen MR) is 118 cm³/mol. The smallest absolute Gasteiger partial charge is 0.228 e. The molecule has 3 atom stereocenters. The van der Waals surface area contributed by atoms with Gasteiger partial charge in [0.05, 0.1) is 0 Å². The zero-order valence-corrected chi connectivity index (χ0v) is 18.9. The molecule has 2 aliphatic heterocycles. The van der Waals surface area contributed by atoms with Crippen LogP contribution in [0.1, 0.15) is 84.0 Å². The molecular weight excluding hydrogens is 374 g/mol. The van der Waals surface area contributed by atoms with Crippen LogP contribution < -0.4 is 5.32 Å². The number of piperazine rings is 1. The van der Waals surface area contributed by atoms with E-state index in [1.54, 1.807) is 0 Å². The number of carbonyl (C=O) groups excluding carboxylic acids is 2. The quantitative estimate of drug-likeness (QED) is 0.767. The molecule has 0 bridgehead atoms. The fraction of sp³-hybridized carbons (Fsp3) is 0.920. The number of rotatable bonds is 3. The highest BCUT2D eigenvalue weighted by Gasteiger charge is 2.43. The van der Waals surface area contributed by atoms with Gasteiger partial charge in [-0.1, -0.05) is 19.8 Å². The van der Waals surface area contributed by atoms with E-state index in [-0.39, 0.29) is 11.3 Å². The SMILES string of the molecule is CC1(C(=O)N2CCN(C(=O)C3CCC(C4CCC5CCCC5N4)CC3)CC2)CCC1. The summed E-state index contributed by atoms with van der Waals surface area (Å²) in [6.45, 7) is 5.03. The van der Waals surface area contributed by atoms with Crippen molar-refractivity contribution in [2.45, 2.75) is 96.1 Å². The van der Waals surface area contributed by atoms with E-state index in [4.69, 9.17) is 0 Å². The van der Waals surface area contributed by atoms with Crippen molar-refractivity contribution in [2.24, 2.45) is 23.2 Å². The molecule has 5 heteroatoms. The molecule has 0 aromatic carbocycles. The second kappa shape index (κ2) is 8.44. The van der Waals surface area contributed by atoms with Crippen LogP contribution >= 0.6 is 0 Å². The first-order valence-corrected chi connectivity index (χ1v) is 12.9. The van der Waals surface area contributed by atoms with Gasteiger partial charge in [-0.25, -0.2) is 0 Å². The molecule has 0 radical (unpaired) electrons. The Balaban J connectivity index is 1.07. The summed E-state index contributed by atoms with van der Waals surface area (Å²) in [5.41, 5.74) is -0.115. The van der Waals surface area contributed by atoms with Gasteiger partial charge in [0, 0.05) is 49.6 Å². The number of fused-ring (bicyclic) bond motifs is 1. The minimum atomic E-state index is -0.115. The van der Waals surface area contributed by atoms with Crippen molar-refractivity contribution in [1.82, 2.24) is 15.1 Å². The zero-order chi connectivity index (χ0) is 20.7. The molecule has 3 aliphatic carbocycles. The lowest BCUT2D eigenvalue weighted by Gasteiger charge is -2.44. The molecule has 2 saturated heterocycles. The van der Waals surface area contributed by atoms with Crippen molar-refractivity contribution in [2.75, 3.05) is 26.2 Å². The lowest BCUT2D eigenvalue weighted by atomic mass is 9.69. The van der Waals surface area contributed by atoms with Gasteiger partial charge in [-0.2, -0.15) is 0 Å². The van der Waals surface area contributed by atoms with Crippen LogP contribution in [0, 0.1) is 23.2 Å². The number of hydrogen-bond acceptors (Lipinski definition) is 3. The van der Waals surface area contributed by atoms with Crippen molar-refractivity contribution < 1.29 is 9.59 Å². The lowest BCUT2D eigenvalue weighted by Crippen LogP contribution is -2.56. The Bertz CT molecular complexity index is 645. The summed E-state index contributed by atoms with van der Waals surface area (Å²) in [6, 6.07) is 1.48. The monoisotopic (exact) mass is 415 g/mol. The van der Waals surface area contributed by atoms with E-state index in [0.717, 1.165) is 69.7 Å². The van der Waals surface area contributed by atoms with Gasteiger partial charge in [0.2, 0.25) is 11.8 Å².